The summed E-state index contributed by atoms with van der Waals surface area (Å²) in [5.41, 5.74) is 3.36. The predicted octanol–water partition coefficient (Wildman–Crippen LogP) is 2.70. The van der Waals surface area contributed by atoms with Crippen LogP contribution in [0.1, 0.15) is 35.2 Å². The number of ether oxygens (including phenoxy) is 1. The summed E-state index contributed by atoms with van der Waals surface area (Å²) in [6.45, 7) is 4.47. The number of benzene rings is 2. The quantitative estimate of drug-likeness (QED) is 0.668. The number of carbonyl (C=O) groups is 1. The number of aromatic nitrogens is 3. The number of likely N-dealkylation sites (tertiary alicyclic amines) is 1. The molecule has 1 aliphatic heterocycles. The number of hydrogen-bond acceptors (Lipinski definition) is 5. The molecule has 7 heteroatoms. The lowest BCUT2D eigenvalue weighted by atomic mass is 10.1. The zero-order chi connectivity index (χ0) is 20.1. The van der Waals surface area contributed by atoms with Gasteiger partial charge in [-0.15, -0.1) is 5.10 Å². The second kappa shape index (κ2) is 9.05. The highest BCUT2D eigenvalue weighted by molar-refractivity contribution is 5.97. The highest BCUT2D eigenvalue weighted by Gasteiger charge is 2.13. The van der Waals surface area contributed by atoms with E-state index in [1.165, 1.54) is 19.3 Å². The van der Waals surface area contributed by atoms with Gasteiger partial charge in [-0.05, 0) is 61.8 Å². The van der Waals surface area contributed by atoms with Crippen LogP contribution in [-0.4, -0.2) is 59.1 Å². The van der Waals surface area contributed by atoms with E-state index in [1.807, 2.05) is 47.1 Å². The van der Waals surface area contributed by atoms with E-state index in [2.05, 4.69) is 20.5 Å². The van der Waals surface area contributed by atoms with Crippen LogP contribution in [-0.2, 0) is 6.54 Å². The molecular weight excluding hydrogens is 366 g/mol. The highest BCUT2D eigenvalue weighted by atomic mass is 16.5. The molecule has 3 aromatic rings. The van der Waals surface area contributed by atoms with Gasteiger partial charge in [0.25, 0.3) is 5.91 Å². The van der Waals surface area contributed by atoms with E-state index >= 15 is 0 Å². The first kappa shape index (κ1) is 19.4. The minimum absolute atomic E-state index is 0.0615. The standard InChI is InChI=1S/C22H27N5O2/c1-29-19-8-5-17(6-9-19)16-27-21-10-7-18(15-20(21)24-25-27)22(28)23-11-14-26-12-3-2-4-13-26/h5-10,15H,2-4,11-14,16H2,1H3,(H,23,28). The Bertz CT molecular complexity index is 961. The van der Waals surface area contributed by atoms with E-state index in [9.17, 15) is 4.79 Å². The molecule has 0 unspecified atom stereocenters. The van der Waals surface area contributed by atoms with Crippen molar-refractivity contribution in [1.29, 1.82) is 0 Å². The smallest absolute Gasteiger partial charge is 0.251 e. The lowest BCUT2D eigenvalue weighted by Crippen LogP contribution is -2.37. The van der Waals surface area contributed by atoms with Gasteiger partial charge in [0.05, 0.1) is 19.2 Å². The molecule has 1 amide bonds. The highest BCUT2D eigenvalue weighted by Crippen LogP contribution is 2.17. The Morgan fingerprint density at radius 1 is 1.10 bits per heavy atom. The van der Waals surface area contributed by atoms with Crippen LogP contribution in [0.4, 0.5) is 0 Å². The number of hydrogen-bond donors (Lipinski definition) is 1. The number of carbonyl (C=O) groups excluding carboxylic acids is 1. The first-order valence-electron chi connectivity index (χ1n) is 10.2. The largest absolute Gasteiger partial charge is 0.497 e. The minimum atomic E-state index is -0.0615. The molecule has 1 saturated heterocycles. The van der Waals surface area contributed by atoms with Crippen LogP contribution in [0.15, 0.2) is 42.5 Å². The topological polar surface area (TPSA) is 72.3 Å². The van der Waals surface area contributed by atoms with Crippen molar-refractivity contribution in [1.82, 2.24) is 25.2 Å². The van der Waals surface area contributed by atoms with Crippen molar-refractivity contribution in [3.8, 4) is 5.75 Å². The third kappa shape index (κ3) is 4.74. The fourth-order valence-electron chi connectivity index (χ4n) is 3.75. The van der Waals surface area contributed by atoms with Crippen molar-refractivity contribution in [3.05, 3.63) is 53.6 Å². The summed E-state index contributed by atoms with van der Waals surface area (Å²) in [6.07, 6.45) is 3.84. The molecule has 0 bridgehead atoms. The average Bonchev–Trinajstić information content (AvgIpc) is 3.17. The monoisotopic (exact) mass is 393 g/mol. The molecule has 0 saturated carbocycles. The maximum Gasteiger partial charge on any atom is 0.251 e. The Balaban J connectivity index is 1.38. The lowest BCUT2D eigenvalue weighted by Gasteiger charge is -2.26. The number of nitrogens with one attached hydrogen (secondary N) is 1. The Kier molecular flexibility index (Phi) is 6.05. The van der Waals surface area contributed by atoms with Gasteiger partial charge in [-0.2, -0.15) is 0 Å². The molecule has 0 radical (unpaired) electrons. The molecule has 29 heavy (non-hydrogen) atoms. The average molecular weight is 393 g/mol. The number of fused-ring (bicyclic) bond motifs is 1. The summed E-state index contributed by atoms with van der Waals surface area (Å²) in [5, 5.41) is 11.5. The molecule has 0 spiro atoms. The third-order valence-electron chi connectivity index (χ3n) is 5.43. The second-order valence-corrected chi connectivity index (χ2v) is 7.46. The fourth-order valence-corrected chi connectivity index (χ4v) is 3.75. The van der Waals surface area contributed by atoms with E-state index in [4.69, 9.17) is 4.74 Å². The van der Waals surface area contributed by atoms with Crippen molar-refractivity contribution in [2.75, 3.05) is 33.3 Å². The molecule has 7 nitrogen and oxygen atoms in total. The molecule has 0 atom stereocenters. The molecule has 1 aliphatic rings. The second-order valence-electron chi connectivity index (χ2n) is 7.46. The maximum atomic E-state index is 12.5. The van der Waals surface area contributed by atoms with Crippen LogP contribution in [0.5, 0.6) is 5.75 Å². The van der Waals surface area contributed by atoms with Crippen LogP contribution >= 0.6 is 0 Å². The molecule has 1 fully saturated rings. The van der Waals surface area contributed by atoms with Crippen molar-refractivity contribution < 1.29 is 9.53 Å². The zero-order valence-electron chi connectivity index (χ0n) is 16.8. The first-order chi connectivity index (χ1) is 14.2. The van der Waals surface area contributed by atoms with Crippen molar-refractivity contribution in [2.24, 2.45) is 0 Å². The zero-order valence-corrected chi connectivity index (χ0v) is 16.8. The SMILES string of the molecule is COc1ccc(Cn2nnc3cc(C(=O)NCCN4CCCCC4)ccc32)cc1. The molecule has 1 N–H and O–H groups in total. The van der Waals surface area contributed by atoms with Gasteiger partial charge in [0, 0.05) is 18.7 Å². The van der Waals surface area contributed by atoms with Crippen molar-refractivity contribution in [3.63, 3.8) is 0 Å². The Hall–Kier alpha value is -2.93. The van der Waals surface area contributed by atoms with Gasteiger partial charge in [0.2, 0.25) is 0 Å². The summed E-state index contributed by atoms with van der Waals surface area (Å²) in [7, 11) is 1.65. The van der Waals surface area contributed by atoms with E-state index in [1.54, 1.807) is 7.11 Å². The van der Waals surface area contributed by atoms with Crippen LogP contribution in [0.3, 0.4) is 0 Å². The van der Waals surface area contributed by atoms with Crippen molar-refractivity contribution >= 4 is 16.9 Å². The van der Waals surface area contributed by atoms with E-state index in [0.717, 1.165) is 42.0 Å². The molecule has 0 aliphatic carbocycles. The maximum absolute atomic E-state index is 12.5. The predicted molar refractivity (Wildman–Crippen MR) is 112 cm³/mol. The number of rotatable bonds is 7. The van der Waals surface area contributed by atoms with Crippen molar-refractivity contribution in [2.45, 2.75) is 25.8 Å². The molecule has 4 rings (SSSR count). The van der Waals surface area contributed by atoms with Gasteiger partial charge in [0.15, 0.2) is 0 Å². The van der Waals surface area contributed by atoms with E-state index < -0.39 is 0 Å². The van der Waals surface area contributed by atoms with Gasteiger partial charge in [-0.1, -0.05) is 23.8 Å². The van der Waals surface area contributed by atoms with Gasteiger partial charge in [-0.25, -0.2) is 4.68 Å². The number of methoxy groups -OCH3 is 1. The Morgan fingerprint density at radius 3 is 2.66 bits per heavy atom. The summed E-state index contributed by atoms with van der Waals surface area (Å²) >= 11 is 0. The van der Waals surface area contributed by atoms with Crippen LogP contribution in [0, 0.1) is 0 Å². The summed E-state index contributed by atoms with van der Waals surface area (Å²) in [4.78, 5) is 14.9. The minimum Gasteiger partial charge on any atom is -0.497 e. The summed E-state index contributed by atoms with van der Waals surface area (Å²) < 4.78 is 7.04. The number of piperidine rings is 1. The summed E-state index contributed by atoms with van der Waals surface area (Å²) in [5.74, 6) is 0.766. The third-order valence-corrected chi connectivity index (χ3v) is 5.43. The van der Waals surface area contributed by atoms with Gasteiger partial charge in [-0.3, -0.25) is 4.79 Å². The molecular formula is C22H27N5O2. The molecule has 2 heterocycles. The normalized spacial score (nSPS) is 14.8. The Morgan fingerprint density at radius 2 is 1.90 bits per heavy atom. The van der Waals surface area contributed by atoms with Crippen LogP contribution in [0.25, 0.3) is 11.0 Å². The van der Waals surface area contributed by atoms with Gasteiger partial charge in [0.1, 0.15) is 11.3 Å². The first-order valence-corrected chi connectivity index (χ1v) is 10.2. The molecule has 1 aromatic heterocycles. The van der Waals surface area contributed by atoms with Crippen LogP contribution < -0.4 is 10.1 Å². The summed E-state index contributed by atoms with van der Waals surface area (Å²) in [6, 6.07) is 13.4. The number of amides is 1. The Labute approximate surface area is 170 Å². The van der Waals surface area contributed by atoms with Gasteiger partial charge < -0.3 is 15.0 Å². The van der Waals surface area contributed by atoms with E-state index in [-0.39, 0.29) is 5.91 Å². The molecule has 152 valence electrons. The number of nitrogens with zero attached hydrogens (tertiary/aromatic N) is 4. The van der Waals surface area contributed by atoms with E-state index in [0.29, 0.717) is 18.7 Å². The molecule has 2 aromatic carbocycles. The van der Waals surface area contributed by atoms with Crippen LogP contribution in [0.2, 0.25) is 0 Å². The van der Waals surface area contributed by atoms with Gasteiger partial charge >= 0.3 is 0 Å². The fraction of sp³-hybridized carbons (Fsp3) is 0.409. The lowest BCUT2D eigenvalue weighted by molar-refractivity contribution is 0.0946.